The Hall–Kier alpha value is -2.14. The highest BCUT2D eigenvalue weighted by Gasteiger charge is 2.16. The van der Waals surface area contributed by atoms with Gasteiger partial charge in [-0.3, -0.25) is 4.68 Å². The number of rotatable bonds is 7. The molecule has 0 unspecified atom stereocenters. The molecule has 1 aromatic carbocycles. The molecule has 0 atom stereocenters. The number of esters is 1. The van der Waals surface area contributed by atoms with Crippen LogP contribution in [0.4, 0.5) is 0 Å². The minimum absolute atomic E-state index is 0.337. The summed E-state index contributed by atoms with van der Waals surface area (Å²) in [6.07, 6.45) is 1.67. The van der Waals surface area contributed by atoms with Crippen LogP contribution in [0.3, 0.4) is 0 Å². The van der Waals surface area contributed by atoms with E-state index in [1.54, 1.807) is 17.8 Å². The van der Waals surface area contributed by atoms with Gasteiger partial charge in [-0.25, -0.2) is 4.79 Å². The van der Waals surface area contributed by atoms with Gasteiger partial charge < -0.3 is 9.47 Å². The quantitative estimate of drug-likeness (QED) is 0.580. The smallest absolute Gasteiger partial charge is 0.356 e. The molecule has 5 nitrogen and oxygen atoms in total. The zero-order chi connectivity index (χ0) is 15.1. The molecule has 0 bridgehead atoms. The van der Waals surface area contributed by atoms with Gasteiger partial charge in [0.15, 0.2) is 0 Å². The number of carbonyl (C=O) groups is 1. The Labute approximate surface area is 124 Å². The molecule has 0 saturated carbocycles. The fraction of sp³-hybridized carbons (Fsp3) is 0.375. The van der Waals surface area contributed by atoms with Gasteiger partial charge in [0.25, 0.3) is 0 Å². The van der Waals surface area contributed by atoms with Gasteiger partial charge in [0.2, 0.25) is 0 Å². The van der Waals surface area contributed by atoms with Crippen molar-refractivity contribution in [2.75, 3.05) is 13.2 Å². The lowest BCUT2D eigenvalue weighted by molar-refractivity contribution is 0.0505. The van der Waals surface area contributed by atoms with Gasteiger partial charge in [0.05, 0.1) is 32.6 Å². The minimum atomic E-state index is -0.337. The number of benzene rings is 1. The molecule has 0 aliphatic rings. The van der Waals surface area contributed by atoms with Crippen LogP contribution in [0.25, 0.3) is 0 Å². The maximum absolute atomic E-state index is 11.9. The number of aryl methyl sites for hydroxylation is 1. The lowest BCUT2D eigenvalue weighted by Gasteiger charge is -2.08. The summed E-state index contributed by atoms with van der Waals surface area (Å²) in [5, 5.41) is 4.20. The second-order valence-corrected chi connectivity index (χ2v) is 4.66. The fourth-order valence-corrected chi connectivity index (χ4v) is 2.03. The lowest BCUT2D eigenvalue weighted by Crippen LogP contribution is -2.17. The van der Waals surface area contributed by atoms with Gasteiger partial charge in [-0.15, -0.1) is 0 Å². The number of ether oxygens (including phenoxy) is 2. The predicted molar refractivity (Wildman–Crippen MR) is 79.0 cm³/mol. The van der Waals surface area contributed by atoms with E-state index in [-0.39, 0.29) is 5.97 Å². The summed E-state index contributed by atoms with van der Waals surface area (Å²) in [6.45, 7) is 5.55. The first kappa shape index (κ1) is 15.3. The zero-order valence-corrected chi connectivity index (χ0v) is 12.4. The molecule has 0 radical (unpaired) electrons. The number of hydrogen-bond donors (Lipinski definition) is 0. The second-order valence-electron chi connectivity index (χ2n) is 4.66. The van der Waals surface area contributed by atoms with E-state index < -0.39 is 0 Å². The summed E-state index contributed by atoms with van der Waals surface area (Å²) in [7, 11) is 0. The maximum Gasteiger partial charge on any atom is 0.356 e. The van der Waals surface area contributed by atoms with Crippen LogP contribution in [0, 0.1) is 6.92 Å². The van der Waals surface area contributed by atoms with Gasteiger partial charge in [-0.1, -0.05) is 30.3 Å². The van der Waals surface area contributed by atoms with Crippen molar-refractivity contribution in [3.05, 3.63) is 53.3 Å². The molecule has 0 aliphatic carbocycles. The molecule has 0 saturated heterocycles. The molecule has 0 aliphatic heterocycles. The fourth-order valence-electron chi connectivity index (χ4n) is 2.03. The van der Waals surface area contributed by atoms with Crippen molar-refractivity contribution < 1.29 is 14.3 Å². The Morgan fingerprint density at radius 2 is 2.05 bits per heavy atom. The summed E-state index contributed by atoms with van der Waals surface area (Å²) in [6, 6.07) is 9.97. The van der Waals surface area contributed by atoms with E-state index in [0.29, 0.717) is 32.1 Å². The van der Waals surface area contributed by atoms with Crippen LogP contribution in [0.1, 0.15) is 28.5 Å². The molecule has 0 fully saturated rings. The monoisotopic (exact) mass is 288 g/mol. The summed E-state index contributed by atoms with van der Waals surface area (Å²) >= 11 is 0. The van der Waals surface area contributed by atoms with Crippen molar-refractivity contribution in [2.45, 2.75) is 27.0 Å². The SMILES string of the molecule is CCOC(=O)c1c(C)cnn1CCOCc1ccccc1. The minimum Gasteiger partial charge on any atom is -0.461 e. The summed E-state index contributed by atoms with van der Waals surface area (Å²) in [4.78, 5) is 11.9. The van der Waals surface area contributed by atoms with E-state index in [4.69, 9.17) is 9.47 Å². The third kappa shape index (κ3) is 4.16. The first-order valence-corrected chi connectivity index (χ1v) is 7.03. The van der Waals surface area contributed by atoms with Gasteiger partial charge in [-0.2, -0.15) is 5.10 Å². The lowest BCUT2D eigenvalue weighted by atomic mass is 10.2. The molecule has 21 heavy (non-hydrogen) atoms. The second kappa shape index (κ2) is 7.59. The van der Waals surface area contributed by atoms with Gasteiger partial charge in [-0.05, 0) is 19.4 Å². The van der Waals surface area contributed by atoms with Crippen molar-refractivity contribution in [3.63, 3.8) is 0 Å². The first-order chi connectivity index (χ1) is 10.2. The van der Waals surface area contributed by atoms with Crippen LogP contribution in [0.2, 0.25) is 0 Å². The van der Waals surface area contributed by atoms with E-state index in [2.05, 4.69) is 5.10 Å². The van der Waals surface area contributed by atoms with Crippen LogP contribution in [0.5, 0.6) is 0 Å². The molecule has 112 valence electrons. The molecule has 2 rings (SSSR count). The molecular formula is C16H20N2O3. The average Bonchev–Trinajstić information content (AvgIpc) is 2.86. The van der Waals surface area contributed by atoms with E-state index in [1.807, 2.05) is 37.3 Å². The van der Waals surface area contributed by atoms with Crippen molar-refractivity contribution in [3.8, 4) is 0 Å². The summed E-state index contributed by atoms with van der Waals surface area (Å²) in [5.41, 5.74) is 2.44. The summed E-state index contributed by atoms with van der Waals surface area (Å²) < 4.78 is 12.3. The maximum atomic E-state index is 11.9. The van der Waals surface area contributed by atoms with Gasteiger partial charge in [0.1, 0.15) is 5.69 Å². The van der Waals surface area contributed by atoms with Crippen LogP contribution in [-0.4, -0.2) is 29.0 Å². The largest absolute Gasteiger partial charge is 0.461 e. The number of aromatic nitrogens is 2. The van der Waals surface area contributed by atoms with Crippen LogP contribution in [0.15, 0.2) is 36.5 Å². The highest BCUT2D eigenvalue weighted by Crippen LogP contribution is 2.09. The predicted octanol–water partition coefficient (Wildman–Crippen LogP) is 2.59. The van der Waals surface area contributed by atoms with Crippen LogP contribution < -0.4 is 0 Å². The van der Waals surface area contributed by atoms with Crippen molar-refractivity contribution in [1.82, 2.24) is 9.78 Å². The zero-order valence-electron chi connectivity index (χ0n) is 12.4. The van der Waals surface area contributed by atoms with Crippen LogP contribution in [-0.2, 0) is 22.6 Å². The van der Waals surface area contributed by atoms with Gasteiger partial charge >= 0.3 is 5.97 Å². The topological polar surface area (TPSA) is 53.3 Å². The Bertz CT molecular complexity index is 578. The normalized spacial score (nSPS) is 10.6. The highest BCUT2D eigenvalue weighted by atomic mass is 16.5. The van der Waals surface area contributed by atoms with Crippen LogP contribution >= 0.6 is 0 Å². The average molecular weight is 288 g/mol. The van der Waals surface area contributed by atoms with E-state index >= 15 is 0 Å². The molecular weight excluding hydrogens is 268 g/mol. The molecule has 0 N–H and O–H groups in total. The Morgan fingerprint density at radius 1 is 1.29 bits per heavy atom. The molecule has 2 aromatic rings. The number of nitrogens with zero attached hydrogens (tertiary/aromatic N) is 2. The molecule has 5 heteroatoms. The van der Waals surface area contributed by atoms with E-state index in [9.17, 15) is 4.79 Å². The van der Waals surface area contributed by atoms with Gasteiger partial charge in [0, 0.05) is 5.56 Å². The van der Waals surface area contributed by atoms with E-state index in [0.717, 1.165) is 11.1 Å². The molecule has 0 spiro atoms. The van der Waals surface area contributed by atoms with Crippen molar-refractivity contribution >= 4 is 5.97 Å². The Kier molecular flexibility index (Phi) is 5.51. The Balaban J connectivity index is 1.87. The Morgan fingerprint density at radius 3 is 2.76 bits per heavy atom. The van der Waals surface area contributed by atoms with Crippen molar-refractivity contribution in [2.24, 2.45) is 0 Å². The summed E-state index contributed by atoms with van der Waals surface area (Å²) in [5.74, 6) is -0.337. The number of hydrogen-bond acceptors (Lipinski definition) is 4. The first-order valence-electron chi connectivity index (χ1n) is 7.03. The third-order valence-electron chi connectivity index (χ3n) is 3.05. The number of carbonyl (C=O) groups excluding carboxylic acids is 1. The molecule has 0 amide bonds. The highest BCUT2D eigenvalue weighted by molar-refractivity contribution is 5.89. The van der Waals surface area contributed by atoms with Crippen molar-refractivity contribution in [1.29, 1.82) is 0 Å². The molecule has 1 aromatic heterocycles. The van der Waals surface area contributed by atoms with E-state index in [1.165, 1.54) is 0 Å². The third-order valence-corrected chi connectivity index (χ3v) is 3.05. The standard InChI is InChI=1S/C16H20N2O3/c1-3-21-16(19)15-13(2)11-17-18(15)9-10-20-12-14-7-5-4-6-8-14/h4-8,11H,3,9-10,12H2,1-2H3. The molecule has 1 heterocycles.